The highest BCUT2D eigenvalue weighted by molar-refractivity contribution is 5.97. The number of carbonyl (C=O) groups excluding carboxylic acids is 1. The third kappa shape index (κ3) is 3.90. The Balaban J connectivity index is 2.16. The van der Waals surface area contributed by atoms with Crippen LogP contribution in [0, 0.1) is 6.92 Å². The molecule has 0 saturated heterocycles. The fourth-order valence-electron chi connectivity index (χ4n) is 3.14. The van der Waals surface area contributed by atoms with Crippen molar-refractivity contribution in [1.82, 2.24) is 9.88 Å². The summed E-state index contributed by atoms with van der Waals surface area (Å²) in [4.78, 5) is 12.8. The number of carbonyl (C=O) groups is 1. The normalized spacial score (nSPS) is 11.9. The molecule has 27 heavy (non-hydrogen) atoms. The van der Waals surface area contributed by atoms with Gasteiger partial charge in [0.2, 0.25) is 0 Å². The predicted molar refractivity (Wildman–Crippen MR) is 110 cm³/mol. The summed E-state index contributed by atoms with van der Waals surface area (Å²) in [7, 11) is 1.66. The van der Waals surface area contributed by atoms with Crippen molar-refractivity contribution in [2.75, 3.05) is 7.11 Å². The smallest absolute Gasteiger partial charge is 0.253 e. The molecule has 1 atom stereocenters. The van der Waals surface area contributed by atoms with Gasteiger partial charge in [-0.15, -0.1) is 0 Å². The van der Waals surface area contributed by atoms with E-state index in [-0.39, 0.29) is 11.9 Å². The van der Waals surface area contributed by atoms with Crippen LogP contribution in [0.2, 0.25) is 0 Å². The fraction of sp³-hybridized carbons (Fsp3) is 0.261. The van der Waals surface area contributed by atoms with Crippen molar-refractivity contribution in [3.05, 3.63) is 71.9 Å². The highest BCUT2D eigenvalue weighted by Crippen LogP contribution is 2.30. The van der Waals surface area contributed by atoms with Crippen LogP contribution >= 0.6 is 0 Å². The van der Waals surface area contributed by atoms with Crippen molar-refractivity contribution in [2.24, 2.45) is 0 Å². The predicted octanol–water partition coefficient (Wildman–Crippen LogP) is 4.99. The van der Waals surface area contributed by atoms with E-state index in [0.717, 1.165) is 34.8 Å². The summed E-state index contributed by atoms with van der Waals surface area (Å²) >= 11 is 0. The molecule has 0 fully saturated rings. The lowest BCUT2D eigenvalue weighted by Crippen LogP contribution is -2.32. The molecule has 0 aliphatic heterocycles. The lowest BCUT2D eigenvalue weighted by molar-refractivity contribution is 0.0938. The molecule has 0 spiro atoms. The largest absolute Gasteiger partial charge is 0.497 e. The Labute approximate surface area is 160 Å². The molecule has 1 heterocycles. The van der Waals surface area contributed by atoms with E-state index < -0.39 is 0 Å². The quantitative estimate of drug-likeness (QED) is 0.671. The molecule has 4 nitrogen and oxygen atoms in total. The number of amides is 1. The lowest BCUT2D eigenvalue weighted by atomic mass is 10.1. The minimum atomic E-state index is -0.0410. The van der Waals surface area contributed by atoms with E-state index in [9.17, 15) is 4.79 Å². The van der Waals surface area contributed by atoms with Crippen LogP contribution in [0.4, 0.5) is 0 Å². The molecule has 1 N–H and O–H groups in total. The maximum Gasteiger partial charge on any atom is 0.253 e. The molecule has 3 rings (SSSR count). The molecule has 3 aromatic rings. The summed E-state index contributed by atoms with van der Waals surface area (Å²) in [5, 5.41) is 3.08. The number of rotatable bonds is 6. The summed E-state index contributed by atoms with van der Waals surface area (Å²) in [6, 6.07) is 20.1. The molecule has 4 heteroatoms. The van der Waals surface area contributed by atoms with Gasteiger partial charge in [-0.3, -0.25) is 4.79 Å². The van der Waals surface area contributed by atoms with E-state index in [1.165, 1.54) is 0 Å². The van der Waals surface area contributed by atoms with Crippen molar-refractivity contribution in [1.29, 1.82) is 0 Å². The van der Waals surface area contributed by atoms with Gasteiger partial charge in [0.1, 0.15) is 5.75 Å². The Morgan fingerprint density at radius 2 is 1.85 bits per heavy atom. The number of aromatic nitrogens is 1. The maximum absolute atomic E-state index is 12.8. The molecule has 0 saturated carbocycles. The Bertz CT molecular complexity index is 929. The first kappa shape index (κ1) is 18.8. The van der Waals surface area contributed by atoms with Crippen molar-refractivity contribution in [3.8, 4) is 22.7 Å². The Morgan fingerprint density at radius 1 is 1.11 bits per heavy atom. The van der Waals surface area contributed by atoms with E-state index in [4.69, 9.17) is 4.74 Å². The zero-order chi connectivity index (χ0) is 19.4. The third-order valence-corrected chi connectivity index (χ3v) is 4.86. The number of hydrogen-bond donors (Lipinski definition) is 1. The van der Waals surface area contributed by atoms with Gasteiger partial charge in [0.25, 0.3) is 5.91 Å². The molecule has 0 radical (unpaired) electrons. The lowest BCUT2D eigenvalue weighted by Gasteiger charge is -2.14. The SMILES string of the molecule is CC[C@H](C)NC(=O)c1cc(-c2ccccc2)n(-c2cccc(OC)c2)c1C. The van der Waals surface area contributed by atoms with Gasteiger partial charge in [0, 0.05) is 23.5 Å². The minimum Gasteiger partial charge on any atom is -0.497 e. The standard InChI is InChI=1S/C23H26N2O2/c1-5-16(2)24-23(26)21-15-22(18-10-7-6-8-11-18)25(17(21)3)19-12-9-13-20(14-19)27-4/h6-16H,5H2,1-4H3,(H,24,26)/t16-/m0/s1. The number of hydrogen-bond acceptors (Lipinski definition) is 2. The van der Waals surface area contributed by atoms with E-state index in [2.05, 4.69) is 28.9 Å². The number of nitrogens with zero attached hydrogens (tertiary/aromatic N) is 1. The summed E-state index contributed by atoms with van der Waals surface area (Å²) in [5.41, 5.74) is 4.61. The second-order valence-electron chi connectivity index (χ2n) is 6.71. The fourth-order valence-corrected chi connectivity index (χ4v) is 3.14. The van der Waals surface area contributed by atoms with E-state index in [1.807, 2.05) is 62.4 Å². The summed E-state index contributed by atoms with van der Waals surface area (Å²) < 4.78 is 7.51. The summed E-state index contributed by atoms with van der Waals surface area (Å²) in [6.07, 6.45) is 0.896. The number of ether oxygens (including phenoxy) is 1. The third-order valence-electron chi connectivity index (χ3n) is 4.86. The monoisotopic (exact) mass is 362 g/mol. The molecule has 0 unspecified atom stereocenters. The molecular formula is C23H26N2O2. The second kappa shape index (κ2) is 8.12. The van der Waals surface area contributed by atoms with Gasteiger partial charge in [0.15, 0.2) is 0 Å². The van der Waals surface area contributed by atoms with Crippen molar-refractivity contribution in [2.45, 2.75) is 33.2 Å². The van der Waals surface area contributed by atoms with Gasteiger partial charge in [0.05, 0.1) is 18.4 Å². The molecule has 1 amide bonds. The first-order valence-electron chi connectivity index (χ1n) is 9.28. The van der Waals surface area contributed by atoms with Gasteiger partial charge in [-0.25, -0.2) is 0 Å². The number of nitrogens with one attached hydrogen (secondary N) is 1. The van der Waals surface area contributed by atoms with E-state index in [0.29, 0.717) is 5.56 Å². The van der Waals surface area contributed by atoms with Crippen LogP contribution < -0.4 is 10.1 Å². The molecule has 2 aromatic carbocycles. The maximum atomic E-state index is 12.8. The molecule has 1 aromatic heterocycles. The highest BCUT2D eigenvalue weighted by atomic mass is 16.5. The average molecular weight is 362 g/mol. The van der Waals surface area contributed by atoms with Crippen LogP contribution in [0.1, 0.15) is 36.3 Å². The number of methoxy groups -OCH3 is 1. The molecular weight excluding hydrogens is 336 g/mol. The average Bonchev–Trinajstić information content (AvgIpc) is 3.05. The van der Waals surface area contributed by atoms with Crippen molar-refractivity contribution < 1.29 is 9.53 Å². The van der Waals surface area contributed by atoms with Gasteiger partial charge >= 0.3 is 0 Å². The highest BCUT2D eigenvalue weighted by Gasteiger charge is 2.20. The topological polar surface area (TPSA) is 43.3 Å². The zero-order valence-corrected chi connectivity index (χ0v) is 16.3. The van der Waals surface area contributed by atoms with E-state index in [1.54, 1.807) is 7.11 Å². The molecule has 0 aliphatic carbocycles. The second-order valence-corrected chi connectivity index (χ2v) is 6.71. The van der Waals surface area contributed by atoms with Gasteiger partial charge in [-0.2, -0.15) is 0 Å². The van der Waals surface area contributed by atoms with Gasteiger partial charge in [-0.1, -0.05) is 43.3 Å². The molecule has 0 bridgehead atoms. The van der Waals surface area contributed by atoms with Crippen molar-refractivity contribution >= 4 is 5.91 Å². The summed E-state index contributed by atoms with van der Waals surface area (Å²) in [6.45, 7) is 6.07. The van der Waals surface area contributed by atoms with E-state index >= 15 is 0 Å². The van der Waals surface area contributed by atoms with Crippen LogP contribution in [-0.4, -0.2) is 23.6 Å². The molecule has 140 valence electrons. The van der Waals surface area contributed by atoms with Crippen LogP contribution in [-0.2, 0) is 0 Å². The van der Waals surface area contributed by atoms with Crippen molar-refractivity contribution in [3.63, 3.8) is 0 Å². The van der Waals surface area contributed by atoms with Gasteiger partial charge in [-0.05, 0) is 44.0 Å². The Kier molecular flexibility index (Phi) is 5.65. The number of benzene rings is 2. The molecule has 0 aliphatic rings. The minimum absolute atomic E-state index is 0.0410. The van der Waals surface area contributed by atoms with Crippen LogP contribution in [0.25, 0.3) is 16.9 Å². The Morgan fingerprint density at radius 3 is 2.52 bits per heavy atom. The Hall–Kier alpha value is -3.01. The van der Waals surface area contributed by atoms with Crippen LogP contribution in [0.3, 0.4) is 0 Å². The summed E-state index contributed by atoms with van der Waals surface area (Å²) in [5.74, 6) is 0.742. The first-order valence-corrected chi connectivity index (χ1v) is 9.28. The van der Waals surface area contributed by atoms with Crippen LogP contribution in [0.15, 0.2) is 60.7 Å². The van der Waals surface area contributed by atoms with Gasteiger partial charge < -0.3 is 14.6 Å². The zero-order valence-electron chi connectivity index (χ0n) is 16.3. The van der Waals surface area contributed by atoms with Crippen LogP contribution in [0.5, 0.6) is 5.75 Å². The first-order chi connectivity index (χ1) is 13.0.